The molecule has 7 heteroatoms. The molecule has 1 atom stereocenters. The predicted octanol–water partition coefficient (Wildman–Crippen LogP) is 0.646. The fourth-order valence-corrected chi connectivity index (χ4v) is 3.48. The minimum absolute atomic E-state index is 0.0340. The van der Waals surface area contributed by atoms with Crippen LogP contribution >= 0.6 is 0 Å². The highest BCUT2D eigenvalue weighted by molar-refractivity contribution is 7.91. The van der Waals surface area contributed by atoms with Crippen LogP contribution in [0.5, 0.6) is 0 Å². The van der Waals surface area contributed by atoms with Crippen molar-refractivity contribution in [2.24, 2.45) is 0 Å². The molecule has 0 amide bonds. The van der Waals surface area contributed by atoms with E-state index in [4.69, 9.17) is 4.74 Å². The van der Waals surface area contributed by atoms with Crippen molar-refractivity contribution in [2.75, 3.05) is 18.1 Å². The van der Waals surface area contributed by atoms with E-state index in [1.165, 1.54) is 12.1 Å². The fraction of sp³-hybridized carbons (Fsp3) is 0.462. The topological polar surface area (TPSA) is 72.5 Å². The molecule has 20 heavy (non-hydrogen) atoms. The number of benzene rings is 1. The standard InChI is InChI=1S/C13H16FNO4S/c14-12-4-2-1-3-10(12)8-19-13(16)7-11-9-20(17,18)6-5-15-11/h1-4,11,15H,5-9H2. The molecule has 5 nitrogen and oxygen atoms in total. The van der Waals surface area contributed by atoms with Crippen molar-refractivity contribution < 1.29 is 22.3 Å². The lowest BCUT2D eigenvalue weighted by molar-refractivity contribution is -0.145. The number of halogens is 1. The molecule has 0 radical (unpaired) electrons. The molecule has 1 saturated heterocycles. The molecule has 0 aromatic heterocycles. The Labute approximate surface area is 117 Å². The second-order valence-electron chi connectivity index (χ2n) is 4.72. The maximum Gasteiger partial charge on any atom is 0.307 e. The maximum absolute atomic E-state index is 13.3. The Morgan fingerprint density at radius 1 is 1.40 bits per heavy atom. The van der Waals surface area contributed by atoms with Gasteiger partial charge in [0.05, 0.1) is 17.9 Å². The fourth-order valence-electron chi connectivity index (χ4n) is 2.03. The summed E-state index contributed by atoms with van der Waals surface area (Å²) in [6, 6.07) is 5.60. The molecule has 110 valence electrons. The molecule has 0 aliphatic carbocycles. The molecule has 0 spiro atoms. The lowest BCUT2D eigenvalue weighted by atomic mass is 10.2. The van der Waals surface area contributed by atoms with Crippen LogP contribution in [0.3, 0.4) is 0 Å². The third kappa shape index (κ3) is 4.28. The Balaban J connectivity index is 1.83. The van der Waals surface area contributed by atoms with E-state index in [1.54, 1.807) is 12.1 Å². The lowest BCUT2D eigenvalue weighted by Crippen LogP contribution is -2.46. The molecule has 1 unspecified atom stereocenters. The van der Waals surface area contributed by atoms with E-state index in [-0.39, 0.29) is 24.5 Å². The van der Waals surface area contributed by atoms with Crippen molar-refractivity contribution in [1.29, 1.82) is 0 Å². The van der Waals surface area contributed by atoms with Gasteiger partial charge in [-0.2, -0.15) is 0 Å². The molecule has 0 bridgehead atoms. The van der Waals surface area contributed by atoms with Crippen molar-refractivity contribution in [3.05, 3.63) is 35.6 Å². The van der Waals surface area contributed by atoms with Crippen molar-refractivity contribution >= 4 is 15.8 Å². The molecule has 1 aromatic rings. The highest BCUT2D eigenvalue weighted by Crippen LogP contribution is 2.10. The normalized spacial score (nSPS) is 21.4. The van der Waals surface area contributed by atoms with Crippen molar-refractivity contribution in [3.8, 4) is 0 Å². The van der Waals surface area contributed by atoms with Gasteiger partial charge >= 0.3 is 5.97 Å². The van der Waals surface area contributed by atoms with Crippen LogP contribution in [-0.2, 0) is 26.0 Å². The number of nitrogens with one attached hydrogen (secondary N) is 1. The van der Waals surface area contributed by atoms with Gasteiger partial charge in [0.25, 0.3) is 0 Å². The van der Waals surface area contributed by atoms with Crippen LogP contribution in [-0.4, -0.2) is 38.5 Å². The Hall–Kier alpha value is -1.47. The number of hydrogen-bond donors (Lipinski definition) is 1. The summed E-state index contributed by atoms with van der Waals surface area (Å²) in [6.45, 7) is 0.193. The number of carbonyl (C=O) groups excluding carboxylic acids is 1. The van der Waals surface area contributed by atoms with E-state index < -0.39 is 27.7 Å². The number of carbonyl (C=O) groups is 1. The summed E-state index contributed by atoms with van der Waals surface area (Å²) in [4.78, 5) is 11.6. The molecular formula is C13H16FNO4S. The van der Waals surface area contributed by atoms with E-state index in [0.29, 0.717) is 12.1 Å². The third-order valence-electron chi connectivity index (χ3n) is 3.06. The molecule has 1 aliphatic rings. The predicted molar refractivity (Wildman–Crippen MR) is 71.3 cm³/mol. The average molecular weight is 301 g/mol. The van der Waals surface area contributed by atoms with Crippen LogP contribution in [0, 0.1) is 5.82 Å². The zero-order chi connectivity index (χ0) is 14.6. The summed E-state index contributed by atoms with van der Waals surface area (Å²) >= 11 is 0. The van der Waals surface area contributed by atoms with Crippen molar-refractivity contribution in [1.82, 2.24) is 5.32 Å². The highest BCUT2D eigenvalue weighted by atomic mass is 32.2. The van der Waals surface area contributed by atoms with Gasteiger partial charge in [-0.3, -0.25) is 4.79 Å². The van der Waals surface area contributed by atoms with Crippen LogP contribution in [0.1, 0.15) is 12.0 Å². The van der Waals surface area contributed by atoms with Gasteiger partial charge in [-0.15, -0.1) is 0 Å². The largest absolute Gasteiger partial charge is 0.461 e. The molecule has 1 heterocycles. The van der Waals surface area contributed by atoms with Gasteiger partial charge in [0, 0.05) is 18.2 Å². The molecule has 1 aliphatic heterocycles. The number of ether oxygens (including phenoxy) is 1. The second-order valence-corrected chi connectivity index (χ2v) is 6.95. The minimum atomic E-state index is -3.08. The first-order valence-corrected chi connectivity index (χ1v) is 8.11. The van der Waals surface area contributed by atoms with Crippen LogP contribution in [0.4, 0.5) is 4.39 Å². The van der Waals surface area contributed by atoms with Gasteiger partial charge in [0.15, 0.2) is 9.84 Å². The zero-order valence-corrected chi connectivity index (χ0v) is 11.7. The number of hydrogen-bond acceptors (Lipinski definition) is 5. The van der Waals surface area contributed by atoms with E-state index in [2.05, 4.69) is 5.32 Å². The first-order valence-electron chi connectivity index (χ1n) is 6.29. The van der Waals surface area contributed by atoms with Gasteiger partial charge in [0.2, 0.25) is 0 Å². The van der Waals surface area contributed by atoms with E-state index in [9.17, 15) is 17.6 Å². The molecule has 2 rings (SSSR count). The SMILES string of the molecule is O=C(CC1CS(=O)(=O)CCN1)OCc1ccccc1F. The summed E-state index contributed by atoms with van der Waals surface area (Å²) in [5.41, 5.74) is 0.296. The van der Waals surface area contributed by atoms with E-state index >= 15 is 0 Å². The molecule has 1 N–H and O–H groups in total. The van der Waals surface area contributed by atoms with E-state index in [1.807, 2.05) is 0 Å². The molecular weight excluding hydrogens is 285 g/mol. The smallest absolute Gasteiger partial charge is 0.307 e. The van der Waals surface area contributed by atoms with Gasteiger partial charge in [-0.1, -0.05) is 18.2 Å². The monoisotopic (exact) mass is 301 g/mol. The van der Waals surface area contributed by atoms with Crippen LogP contribution < -0.4 is 5.32 Å². The Morgan fingerprint density at radius 2 is 2.15 bits per heavy atom. The highest BCUT2D eigenvalue weighted by Gasteiger charge is 2.26. The first kappa shape index (κ1) is 14.9. The molecule has 1 fully saturated rings. The zero-order valence-electron chi connectivity index (χ0n) is 10.8. The van der Waals surface area contributed by atoms with Crippen molar-refractivity contribution in [2.45, 2.75) is 19.1 Å². The number of sulfone groups is 1. The summed E-state index contributed by atoms with van der Waals surface area (Å²) in [6.07, 6.45) is -0.0340. The third-order valence-corrected chi connectivity index (χ3v) is 4.80. The summed E-state index contributed by atoms with van der Waals surface area (Å²) in [5.74, 6) is -0.947. The summed E-state index contributed by atoms with van der Waals surface area (Å²) in [7, 11) is -3.08. The summed E-state index contributed by atoms with van der Waals surface area (Å²) in [5, 5.41) is 2.96. The summed E-state index contributed by atoms with van der Waals surface area (Å²) < 4.78 is 41.1. The first-order chi connectivity index (χ1) is 9.46. The van der Waals surface area contributed by atoms with Crippen LogP contribution in [0.2, 0.25) is 0 Å². The maximum atomic E-state index is 13.3. The van der Waals surface area contributed by atoms with Gasteiger partial charge < -0.3 is 10.1 Å². The van der Waals surface area contributed by atoms with Crippen LogP contribution in [0.25, 0.3) is 0 Å². The number of esters is 1. The van der Waals surface area contributed by atoms with E-state index in [0.717, 1.165) is 0 Å². The van der Waals surface area contributed by atoms with Crippen LogP contribution in [0.15, 0.2) is 24.3 Å². The lowest BCUT2D eigenvalue weighted by Gasteiger charge is -2.22. The van der Waals surface area contributed by atoms with Gasteiger partial charge in [-0.05, 0) is 6.07 Å². The Morgan fingerprint density at radius 3 is 2.85 bits per heavy atom. The number of rotatable bonds is 4. The molecule has 0 saturated carbocycles. The average Bonchev–Trinajstić information content (AvgIpc) is 2.36. The van der Waals surface area contributed by atoms with Gasteiger partial charge in [-0.25, -0.2) is 12.8 Å². The quantitative estimate of drug-likeness (QED) is 0.827. The molecule has 1 aromatic carbocycles. The Kier molecular flexibility index (Phi) is 4.72. The Bertz CT molecular complexity index is 588. The van der Waals surface area contributed by atoms with Gasteiger partial charge in [0.1, 0.15) is 12.4 Å². The minimum Gasteiger partial charge on any atom is -0.461 e. The van der Waals surface area contributed by atoms with Crippen molar-refractivity contribution in [3.63, 3.8) is 0 Å². The second kappa shape index (κ2) is 6.32.